The number of carbonyl (C=O) groups is 1. The molecule has 0 unspecified atom stereocenters. The van der Waals surface area contributed by atoms with E-state index >= 15 is 0 Å². The van der Waals surface area contributed by atoms with E-state index in [9.17, 15) is 19.3 Å². The van der Waals surface area contributed by atoms with E-state index in [1.165, 1.54) is 6.07 Å². The fourth-order valence-electron chi connectivity index (χ4n) is 2.10. The number of benzene rings is 2. The van der Waals surface area contributed by atoms with E-state index in [4.69, 9.17) is 23.2 Å². The summed E-state index contributed by atoms with van der Waals surface area (Å²) in [7, 11) is 0. The van der Waals surface area contributed by atoms with Crippen molar-refractivity contribution in [1.29, 1.82) is 0 Å². The van der Waals surface area contributed by atoms with Gasteiger partial charge < -0.3 is 5.32 Å². The number of nitrogens with one attached hydrogen (secondary N) is 1. The summed E-state index contributed by atoms with van der Waals surface area (Å²) >= 11 is 13.3. The molecular weight excluding hydrogens is 378 g/mol. The number of hydrogen-bond donors (Lipinski definition) is 1. The van der Waals surface area contributed by atoms with Crippen LogP contribution in [0.1, 0.15) is 9.67 Å². The third-order valence-electron chi connectivity index (χ3n) is 3.20. The minimum Gasteiger partial charge on any atom is -0.321 e. The van der Waals surface area contributed by atoms with E-state index in [1.54, 1.807) is 18.2 Å². The van der Waals surface area contributed by atoms with Crippen LogP contribution in [0, 0.1) is 15.9 Å². The molecule has 1 amide bonds. The predicted molar refractivity (Wildman–Crippen MR) is 92.9 cm³/mol. The first-order chi connectivity index (χ1) is 11.4. The maximum atomic E-state index is 13.3. The average Bonchev–Trinajstić information content (AvgIpc) is 2.85. The summed E-state index contributed by atoms with van der Waals surface area (Å²) in [5.74, 6) is -1.52. The maximum absolute atomic E-state index is 13.3. The van der Waals surface area contributed by atoms with E-state index in [2.05, 4.69) is 5.32 Å². The number of anilines is 1. The van der Waals surface area contributed by atoms with Gasteiger partial charge in [0.1, 0.15) is 4.88 Å². The molecule has 0 spiro atoms. The van der Waals surface area contributed by atoms with Gasteiger partial charge in [-0.2, -0.15) is 4.39 Å². The number of rotatable bonds is 3. The standard InChI is InChI=1S/C15H7Cl2FN2O3S/c16-7-1-3-9-12(5-7)24-14(13(9)17)15(21)19-8-2-4-10(18)11(6-8)20(22)23/h1-6H,(H,19,21). The number of nitro benzene ring substituents is 1. The molecule has 1 aromatic heterocycles. The summed E-state index contributed by atoms with van der Waals surface area (Å²) in [5.41, 5.74) is -0.623. The van der Waals surface area contributed by atoms with Gasteiger partial charge in [-0.3, -0.25) is 14.9 Å². The summed E-state index contributed by atoms with van der Waals surface area (Å²) in [6.07, 6.45) is 0. The Hall–Kier alpha value is -2.22. The van der Waals surface area contributed by atoms with Gasteiger partial charge in [0.25, 0.3) is 5.91 Å². The second-order valence-corrected chi connectivity index (χ2v) is 6.63. The van der Waals surface area contributed by atoms with E-state index in [-0.39, 0.29) is 15.6 Å². The molecule has 2 aromatic carbocycles. The minimum absolute atomic E-state index is 0.0969. The zero-order chi connectivity index (χ0) is 17.4. The molecule has 122 valence electrons. The number of nitro groups is 1. The van der Waals surface area contributed by atoms with Gasteiger partial charge >= 0.3 is 5.69 Å². The van der Waals surface area contributed by atoms with E-state index < -0.39 is 22.3 Å². The highest BCUT2D eigenvalue weighted by Crippen LogP contribution is 2.37. The van der Waals surface area contributed by atoms with Crippen LogP contribution in [0.4, 0.5) is 15.8 Å². The molecule has 0 fully saturated rings. The monoisotopic (exact) mass is 384 g/mol. The highest BCUT2D eigenvalue weighted by molar-refractivity contribution is 7.21. The van der Waals surface area contributed by atoms with Crippen molar-refractivity contribution in [2.75, 3.05) is 5.32 Å². The lowest BCUT2D eigenvalue weighted by Gasteiger charge is -2.04. The van der Waals surface area contributed by atoms with Crippen LogP contribution >= 0.6 is 34.5 Å². The van der Waals surface area contributed by atoms with Gasteiger partial charge in [-0.1, -0.05) is 29.3 Å². The zero-order valence-corrected chi connectivity index (χ0v) is 14.0. The van der Waals surface area contributed by atoms with Crippen molar-refractivity contribution >= 4 is 61.9 Å². The van der Waals surface area contributed by atoms with Gasteiger partial charge in [-0.25, -0.2) is 0 Å². The molecule has 1 heterocycles. The van der Waals surface area contributed by atoms with Gasteiger partial charge in [0.15, 0.2) is 0 Å². The Morgan fingerprint density at radius 2 is 1.96 bits per heavy atom. The Kier molecular flexibility index (Phi) is 4.40. The number of halogens is 3. The molecular formula is C15H7Cl2FN2O3S. The van der Waals surface area contributed by atoms with Crippen molar-refractivity contribution in [1.82, 2.24) is 0 Å². The Morgan fingerprint density at radius 1 is 1.21 bits per heavy atom. The molecule has 3 aromatic rings. The van der Waals surface area contributed by atoms with Crippen LogP contribution in [0.2, 0.25) is 10.0 Å². The Bertz CT molecular complexity index is 990. The molecule has 9 heteroatoms. The van der Waals surface area contributed by atoms with Crippen molar-refractivity contribution < 1.29 is 14.1 Å². The molecule has 5 nitrogen and oxygen atoms in total. The molecule has 0 saturated heterocycles. The summed E-state index contributed by atoms with van der Waals surface area (Å²) in [5, 5.41) is 14.7. The SMILES string of the molecule is O=C(Nc1ccc(F)c([N+](=O)[O-])c1)c1sc2cc(Cl)ccc2c1Cl. The van der Waals surface area contributed by atoms with Gasteiger partial charge in [-0.15, -0.1) is 11.3 Å². The zero-order valence-electron chi connectivity index (χ0n) is 11.7. The number of thiophene rings is 1. The molecule has 0 aliphatic carbocycles. The molecule has 0 radical (unpaired) electrons. The molecule has 3 rings (SSSR count). The molecule has 0 atom stereocenters. The lowest BCUT2D eigenvalue weighted by Crippen LogP contribution is -2.11. The second-order valence-electron chi connectivity index (χ2n) is 4.76. The molecule has 1 N–H and O–H groups in total. The molecule has 0 aliphatic heterocycles. The normalized spacial score (nSPS) is 10.8. The highest BCUT2D eigenvalue weighted by atomic mass is 35.5. The van der Waals surface area contributed by atoms with Gasteiger partial charge in [0.2, 0.25) is 5.82 Å². The summed E-state index contributed by atoms with van der Waals surface area (Å²) in [4.78, 5) is 22.5. The second kappa shape index (κ2) is 6.35. The predicted octanol–water partition coefficient (Wildman–Crippen LogP) is 5.51. The number of fused-ring (bicyclic) bond motifs is 1. The van der Waals surface area contributed by atoms with E-state index in [1.807, 2.05) is 0 Å². The van der Waals surface area contributed by atoms with Crippen molar-refractivity contribution in [3.8, 4) is 0 Å². The van der Waals surface area contributed by atoms with Crippen LogP contribution in [0.25, 0.3) is 10.1 Å². The quantitative estimate of drug-likeness (QED) is 0.478. The summed E-state index contributed by atoms with van der Waals surface area (Å²) in [6, 6.07) is 8.15. The third kappa shape index (κ3) is 3.06. The third-order valence-corrected chi connectivity index (χ3v) is 5.09. The van der Waals surface area contributed by atoms with E-state index in [0.717, 1.165) is 28.2 Å². The maximum Gasteiger partial charge on any atom is 0.306 e. The van der Waals surface area contributed by atoms with E-state index in [0.29, 0.717) is 10.4 Å². The number of hydrogen-bond acceptors (Lipinski definition) is 4. The Balaban J connectivity index is 1.94. The first-order valence-corrected chi connectivity index (χ1v) is 8.07. The van der Waals surface area contributed by atoms with Crippen LogP contribution in [0.3, 0.4) is 0 Å². The van der Waals surface area contributed by atoms with Crippen molar-refractivity contribution in [3.63, 3.8) is 0 Å². The largest absolute Gasteiger partial charge is 0.321 e. The van der Waals surface area contributed by atoms with Crippen LogP contribution in [0.5, 0.6) is 0 Å². The molecule has 24 heavy (non-hydrogen) atoms. The highest BCUT2D eigenvalue weighted by Gasteiger charge is 2.19. The molecule has 0 bridgehead atoms. The average molecular weight is 385 g/mol. The van der Waals surface area contributed by atoms with Gasteiger partial charge in [0.05, 0.1) is 9.95 Å². The van der Waals surface area contributed by atoms with Crippen molar-refractivity contribution in [2.24, 2.45) is 0 Å². The van der Waals surface area contributed by atoms with Crippen LogP contribution in [-0.4, -0.2) is 10.8 Å². The molecule has 0 saturated carbocycles. The summed E-state index contributed by atoms with van der Waals surface area (Å²) < 4.78 is 14.1. The van der Waals surface area contributed by atoms with Crippen molar-refractivity contribution in [2.45, 2.75) is 0 Å². The Labute approximate surface area is 148 Å². The van der Waals surface area contributed by atoms with Crippen LogP contribution < -0.4 is 5.32 Å². The van der Waals surface area contributed by atoms with Gasteiger partial charge in [0, 0.05) is 26.9 Å². The van der Waals surface area contributed by atoms with Gasteiger partial charge in [-0.05, 0) is 24.3 Å². The van der Waals surface area contributed by atoms with Crippen molar-refractivity contribution in [3.05, 3.63) is 67.3 Å². The number of amides is 1. The topological polar surface area (TPSA) is 72.2 Å². The fourth-order valence-corrected chi connectivity index (χ4v) is 3.79. The van der Waals surface area contributed by atoms with Crippen LogP contribution in [-0.2, 0) is 0 Å². The Morgan fingerprint density at radius 3 is 2.67 bits per heavy atom. The van der Waals surface area contributed by atoms with Crippen LogP contribution in [0.15, 0.2) is 36.4 Å². The smallest absolute Gasteiger partial charge is 0.306 e. The first kappa shape index (κ1) is 16.6. The lowest BCUT2D eigenvalue weighted by molar-refractivity contribution is -0.387. The number of nitrogens with zero attached hydrogens (tertiary/aromatic N) is 1. The molecule has 0 aliphatic rings. The summed E-state index contributed by atoms with van der Waals surface area (Å²) in [6.45, 7) is 0. The fraction of sp³-hybridized carbons (Fsp3) is 0. The first-order valence-electron chi connectivity index (χ1n) is 6.49. The minimum atomic E-state index is -0.979. The lowest BCUT2D eigenvalue weighted by atomic mass is 10.2. The number of carbonyl (C=O) groups excluding carboxylic acids is 1.